The van der Waals surface area contributed by atoms with Crippen LogP contribution in [0.5, 0.6) is 5.75 Å². The van der Waals surface area contributed by atoms with Gasteiger partial charge in [-0.2, -0.15) is 9.78 Å². The summed E-state index contributed by atoms with van der Waals surface area (Å²) in [6.07, 6.45) is 1.70. The lowest BCUT2D eigenvalue weighted by molar-refractivity contribution is 0.0698. The average molecular weight is 414 g/mol. The van der Waals surface area contributed by atoms with Crippen LogP contribution in [0.4, 0.5) is 11.5 Å². The minimum atomic E-state index is -1.00. The molecule has 2 N–H and O–H groups in total. The Kier molecular flexibility index (Phi) is 5.41. The van der Waals surface area contributed by atoms with Gasteiger partial charge in [0, 0.05) is 17.8 Å². The van der Waals surface area contributed by atoms with Crippen LogP contribution in [0, 0.1) is 13.8 Å². The van der Waals surface area contributed by atoms with Gasteiger partial charge in [0.25, 0.3) is 0 Å². The van der Waals surface area contributed by atoms with Crippen LogP contribution >= 0.6 is 0 Å². The fourth-order valence-corrected chi connectivity index (χ4v) is 3.34. The molecule has 7 heteroatoms. The summed E-state index contributed by atoms with van der Waals surface area (Å²) in [5.74, 6) is 0.982. The van der Waals surface area contributed by atoms with Gasteiger partial charge in [0.05, 0.1) is 24.1 Å². The van der Waals surface area contributed by atoms with Gasteiger partial charge in [-0.3, -0.25) is 0 Å². The van der Waals surface area contributed by atoms with E-state index in [0.717, 1.165) is 22.4 Å². The quantitative estimate of drug-likeness (QED) is 0.461. The van der Waals surface area contributed by atoms with E-state index < -0.39 is 5.97 Å². The molecule has 4 aromatic rings. The molecule has 2 aromatic carbocycles. The molecule has 0 aliphatic heterocycles. The molecule has 0 saturated carbocycles. The van der Waals surface area contributed by atoms with Crippen molar-refractivity contribution >= 4 is 17.5 Å². The Morgan fingerprint density at radius 1 is 1.06 bits per heavy atom. The first-order valence-corrected chi connectivity index (χ1v) is 9.73. The Morgan fingerprint density at radius 2 is 1.90 bits per heavy atom. The van der Waals surface area contributed by atoms with Crippen LogP contribution in [0.2, 0.25) is 0 Å². The topological polar surface area (TPSA) is 89.3 Å². The third kappa shape index (κ3) is 4.11. The molecular formula is C24H22N4O3. The number of aromatic nitrogens is 3. The molecule has 0 radical (unpaired) electrons. The highest BCUT2D eigenvalue weighted by molar-refractivity contribution is 5.95. The lowest BCUT2D eigenvalue weighted by Gasteiger charge is -2.13. The van der Waals surface area contributed by atoms with Crippen molar-refractivity contribution < 1.29 is 14.6 Å². The van der Waals surface area contributed by atoms with Gasteiger partial charge in [0.15, 0.2) is 5.82 Å². The summed E-state index contributed by atoms with van der Waals surface area (Å²) >= 11 is 0. The van der Waals surface area contributed by atoms with Crippen molar-refractivity contribution in [1.29, 1.82) is 0 Å². The smallest absolute Gasteiger partial charge is 0.337 e. The summed E-state index contributed by atoms with van der Waals surface area (Å²) in [5.41, 5.74) is 4.05. The standard InChI is InChI=1S/C24H22N4O3/c1-15-9-10-20(19(12-15)24(29)30)26-22-14-21(17-7-4-8-18(13-17)31-3)27-28(22)23-16(2)6-5-11-25-23/h4-14,26H,1-3H3,(H,29,30). The van der Waals surface area contributed by atoms with E-state index in [2.05, 4.69) is 10.3 Å². The lowest BCUT2D eigenvalue weighted by atomic mass is 10.1. The van der Waals surface area contributed by atoms with Crippen LogP contribution in [0.1, 0.15) is 21.5 Å². The summed E-state index contributed by atoms with van der Waals surface area (Å²) in [5, 5.41) is 17.7. The maximum Gasteiger partial charge on any atom is 0.337 e. The molecular weight excluding hydrogens is 392 g/mol. The first-order chi connectivity index (χ1) is 15.0. The van der Waals surface area contributed by atoms with Crippen molar-refractivity contribution in [1.82, 2.24) is 14.8 Å². The number of rotatable bonds is 6. The predicted molar refractivity (Wildman–Crippen MR) is 120 cm³/mol. The fourth-order valence-electron chi connectivity index (χ4n) is 3.34. The third-order valence-corrected chi connectivity index (χ3v) is 4.93. The van der Waals surface area contributed by atoms with Crippen molar-refractivity contribution in [3.05, 3.63) is 83.6 Å². The molecule has 0 fully saturated rings. The maximum absolute atomic E-state index is 11.8. The number of anilines is 2. The fraction of sp³-hybridized carbons (Fsp3) is 0.125. The molecule has 0 spiro atoms. The van der Waals surface area contributed by atoms with Crippen molar-refractivity contribution in [2.75, 3.05) is 12.4 Å². The van der Waals surface area contributed by atoms with Gasteiger partial charge in [0.2, 0.25) is 0 Å². The van der Waals surface area contributed by atoms with Gasteiger partial charge in [-0.1, -0.05) is 29.8 Å². The number of aryl methyl sites for hydroxylation is 2. The molecule has 0 aliphatic rings. The van der Waals surface area contributed by atoms with Crippen molar-refractivity contribution in [2.45, 2.75) is 13.8 Å². The van der Waals surface area contributed by atoms with E-state index in [4.69, 9.17) is 9.84 Å². The summed E-state index contributed by atoms with van der Waals surface area (Å²) in [6, 6.07) is 18.6. The van der Waals surface area contributed by atoms with Gasteiger partial charge in [-0.05, 0) is 49.7 Å². The van der Waals surface area contributed by atoms with Crippen LogP contribution in [0.25, 0.3) is 17.1 Å². The normalized spacial score (nSPS) is 10.7. The number of pyridine rings is 1. The van der Waals surface area contributed by atoms with Crippen molar-refractivity contribution in [3.8, 4) is 22.8 Å². The first kappa shape index (κ1) is 20.2. The molecule has 0 atom stereocenters. The van der Waals surface area contributed by atoms with Gasteiger partial charge in [-0.25, -0.2) is 9.78 Å². The van der Waals surface area contributed by atoms with Gasteiger partial charge in [0.1, 0.15) is 11.6 Å². The highest BCUT2D eigenvalue weighted by atomic mass is 16.5. The van der Waals surface area contributed by atoms with Crippen molar-refractivity contribution in [2.24, 2.45) is 0 Å². The summed E-state index contributed by atoms with van der Waals surface area (Å²) in [7, 11) is 1.62. The summed E-state index contributed by atoms with van der Waals surface area (Å²) in [6.45, 7) is 3.81. The van der Waals surface area contributed by atoms with Gasteiger partial charge in [-0.15, -0.1) is 0 Å². The highest BCUT2D eigenvalue weighted by Gasteiger charge is 2.17. The SMILES string of the molecule is COc1cccc(-c2cc(Nc3ccc(C)cc3C(=O)O)n(-c3ncccc3C)n2)c1. The monoisotopic (exact) mass is 414 g/mol. The lowest BCUT2D eigenvalue weighted by Crippen LogP contribution is -2.08. The van der Waals surface area contributed by atoms with Gasteiger partial charge < -0.3 is 15.2 Å². The second-order valence-electron chi connectivity index (χ2n) is 7.18. The largest absolute Gasteiger partial charge is 0.497 e. The van der Waals surface area contributed by atoms with E-state index in [-0.39, 0.29) is 5.56 Å². The number of carbonyl (C=O) groups is 1. The zero-order valence-electron chi connectivity index (χ0n) is 17.5. The van der Waals surface area contributed by atoms with Crippen LogP contribution in [-0.4, -0.2) is 33.0 Å². The number of ether oxygens (including phenoxy) is 1. The number of nitrogens with zero attached hydrogens (tertiary/aromatic N) is 3. The van der Waals surface area contributed by atoms with E-state index in [1.54, 1.807) is 30.1 Å². The predicted octanol–water partition coefficient (Wildman–Crippen LogP) is 5.00. The number of aromatic carboxylic acids is 1. The Labute approximate surface area is 180 Å². The summed E-state index contributed by atoms with van der Waals surface area (Å²) in [4.78, 5) is 16.3. The number of carboxylic acid groups (broad SMARTS) is 1. The van der Waals surface area contributed by atoms with Crippen LogP contribution in [-0.2, 0) is 0 Å². The minimum Gasteiger partial charge on any atom is -0.497 e. The molecule has 7 nitrogen and oxygen atoms in total. The zero-order chi connectivity index (χ0) is 22.0. The number of hydrogen-bond acceptors (Lipinski definition) is 5. The number of benzene rings is 2. The molecule has 0 unspecified atom stereocenters. The number of carboxylic acids is 1. The highest BCUT2D eigenvalue weighted by Crippen LogP contribution is 2.30. The Morgan fingerprint density at radius 3 is 2.65 bits per heavy atom. The Bertz CT molecular complexity index is 1260. The molecule has 4 rings (SSSR count). The number of nitrogens with one attached hydrogen (secondary N) is 1. The summed E-state index contributed by atoms with van der Waals surface area (Å²) < 4.78 is 7.03. The average Bonchev–Trinajstić information content (AvgIpc) is 3.19. The van der Waals surface area contributed by atoms with Gasteiger partial charge >= 0.3 is 5.97 Å². The molecule has 2 aromatic heterocycles. The number of hydrogen-bond donors (Lipinski definition) is 2. The van der Waals surface area contributed by atoms with Crippen LogP contribution in [0.15, 0.2) is 66.9 Å². The Balaban J connectivity index is 1.86. The number of methoxy groups -OCH3 is 1. The van der Waals surface area contributed by atoms with E-state index >= 15 is 0 Å². The van der Waals surface area contributed by atoms with E-state index in [1.165, 1.54) is 0 Å². The molecule has 0 saturated heterocycles. The van der Waals surface area contributed by atoms with Crippen LogP contribution < -0.4 is 10.1 Å². The van der Waals surface area contributed by atoms with Crippen LogP contribution in [0.3, 0.4) is 0 Å². The van der Waals surface area contributed by atoms with E-state index in [9.17, 15) is 9.90 Å². The molecule has 156 valence electrons. The minimum absolute atomic E-state index is 0.188. The molecule has 2 heterocycles. The van der Waals surface area contributed by atoms with E-state index in [0.29, 0.717) is 23.0 Å². The zero-order valence-corrected chi connectivity index (χ0v) is 17.5. The third-order valence-electron chi connectivity index (χ3n) is 4.93. The molecule has 0 aliphatic carbocycles. The molecule has 0 bridgehead atoms. The van der Waals surface area contributed by atoms with Crippen molar-refractivity contribution in [3.63, 3.8) is 0 Å². The maximum atomic E-state index is 11.8. The molecule has 31 heavy (non-hydrogen) atoms. The molecule has 0 amide bonds. The first-order valence-electron chi connectivity index (χ1n) is 9.73. The second-order valence-corrected chi connectivity index (χ2v) is 7.18. The van der Waals surface area contributed by atoms with E-state index in [1.807, 2.05) is 62.4 Å². The second kappa shape index (κ2) is 8.31. The Hall–Kier alpha value is -4.13.